The number of methoxy groups -OCH3 is 1. The van der Waals surface area contributed by atoms with Crippen LogP contribution in [0.2, 0.25) is 0 Å². The molecule has 0 spiro atoms. The summed E-state index contributed by atoms with van der Waals surface area (Å²) in [7, 11) is 1.27. The first-order chi connectivity index (χ1) is 13.4. The van der Waals surface area contributed by atoms with Gasteiger partial charge in [0.25, 0.3) is 0 Å². The van der Waals surface area contributed by atoms with Crippen LogP contribution < -0.4 is 10.6 Å². The molecule has 2 N–H and O–H groups in total. The topological polar surface area (TPSA) is 163 Å². The van der Waals surface area contributed by atoms with Crippen LogP contribution in [0.25, 0.3) is 10.4 Å². The Labute approximate surface area is 157 Å². The first kappa shape index (κ1) is 20.0. The lowest BCUT2D eigenvalue weighted by molar-refractivity contribution is -0.141. The lowest BCUT2D eigenvalue weighted by Crippen LogP contribution is -2.43. The van der Waals surface area contributed by atoms with Crippen molar-refractivity contribution in [3.05, 3.63) is 33.2 Å². The monoisotopic (exact) mass is 398 g/mol. The average Bonchev–Trinajstić information content (AvgIpc) is 3.27. The first-order valence-electron chi connectivity index (χ1n) is 8.49. The normalized spacial score (nSPS) is 32.2. The Morgan fingerprint density at radius 3 is 3.00 bits per heavy atom. The molecule has 0 aliphatic carbocycles. The van der Waals surface area contributed by atoms with Crippen molar-refractivity contribution in [2.75, 3.05) is 25.2 Å². The van der Waals surface area contributed by atoms with Gasteiger partial charge in [0.2, 0.25) is 5.72 Å². The summed E-state index contributed by atoms with van der Waals surface area (Å²) in [6.07, 6.45) is -3.33. The Balaban J connectivity index is 1.90. The third kappa shape index (κ3) is 3.18. The van der Waals surface area contributed by atoms with Gasteiger partial charge in [-0.2, -0.15) is 4.98 Å². The molecule has 2 saturated heterocycles. The van der Waals surface area contributed by atoms with Crippen molar-refractivity contribution in [1.29, 1.82) is 0 Å². The summed E-state index contributed by atoms with van der Waals surface area (Å²) in [6, 6.07) is 0.829. The molecule has 3 heterocycles. The Hall–Kier alpha value is -2.73. The summed E-state index contributed by atoms with van der Waals surface area (Å²) < 4.78 is 25.3. The van der Waals surface area contributed by atoms with E-state index in [0.29, 0.717) is 19.4 Å². The van der Waals surface area contributed by atoms with Gasteiger partial charge in [0, 0.05) is 17.7 Å². The van der Waals surface area contributed by atoms with Gasteiger partial charge in [0.15, 0.2) is 12.4 Å². The molecule has 0 radical (unpaired) electrons. The van der Waals surface area contributed by atoms with E-state index in [2.05, 4.69) is 15.0 Å². The van der Waals surface area contributed by atoms with E-state index in [0.717, 1.165) is 4.57 Å². The van der Waals surface area contributed by atoms with Crippen molar-refractivity contribution in [3.8, 4) is 0 Å². The quantitative estimate of drug-likeness (QED) is 0.293. The molecule has 2 aliphatic rings. The number of halogens is 1. The molecule has 152 valence electrons. The molecule has 3 rings (SSSR count). The fourth-order valence-electron chi connectivity index (χ4n) is 3.46. The maximum absolute atomic E-state index is 14.5. The maximum Gasteiger partial charge on any atom is 0.351 e. The van der Waals surface area contributed by atoms with E-state index in [4.69, 9.17) is 15.0 Å². The van der Waals surface area contributed by atoms with Gasteiger partial charge in [-0.15, -0.1) is 0 Å². The van der Waals surface area contributed by atoms with E-state index in [1.807, 2.05) is 0 Å². The van der Waals surface area contributed by atoms with Crippen molar-refractivity contribution < 1.29 is 28.9 Å². The lowest BCUT2D eigenvalue weighted by Gasteiger charge is -2.25. The van der Waals surface area contributed by atoms with Crippen molar-refractivity contribution in [2.45, 2.75) is 43.1 Å². The second-order valence-corrected chi connectivity index (χ2v) is 6.44. The smallest absolute Gasteiger partial charge is 0.351 e. The lowest BCUT2D eigenvalue weighted by atomic mass is 10.1. The van der Waals surface area contributed by atoms with Gasteiger partial charge in [-0.05, 0) is 24.4 Å². The number of rotatable bonds is 5. The number of hydrogen-bond acceptors (Lipinski definition) is 9. The number of azide groups is 1. The van der Waals surface area contributed by atoms with Crippen LogP contribution in [-0.4, -0.2) is 70.0 Å². The summed E-state index contributed by atoms with van der Waals surface area (Å²) in [5.74, 6) is -0.233. The maximum atomic E-state index is 14.5. The number of aliphatic hydroxyl groups excluding tert-OH is 2. The van der Waals surface area contributed by atoms with E-state index in [-0.39, 0.29) is 5.82 Å². The molecule has 0 aromatic carbocycles. The third-order valence-electron chi connectivity index (χ3n) is 4.91. The van der Waals surface area contributed by atoms with Crippen molar-refractivity contribution in [3.63, 3.8) is 0 Å². The molecular formula is C15H19FN6O6. The summed E-state index contributed by atoms with van der Waals surface area (Å²) >= 11 is 0. The number of aromatic nitrogens is 2. The van der Waals surface area contributed by atoms with Crippen LogP contribution in [-0.2, 0) is 14.3 Å². The zero-order chi connectivity index (χ0) is 20.5. The molecule has 2 aliphatic heterocycles. The number of alkyl halides is 1. The number of esters is 1. The summed E-state index contributed by atoms with van der Waals surface area (Å²) in [5, 5.41) is 22.5. The van der Waals surface area contributed by atoms with Crippen LogP contribution in [0.3, 0.4) is 0 Å². The van der Waals surface area contributed by atoms with Gasteiger partial charge in [-0.25, -0.2) is 14.0 Å². The Morgan fingerprint density at radius 1 is 1.64 bits per heavy atom. The average molecular weight is 398 g/mol. The second kappa shape index (κ2) is 7.72. The van der Waals surface area contributed by atoms with Gasteiger partial charge in [-0.1, -0.05) is 5.11 Å². The first-order valence-corrected chi connectivity index (χ1v) is 8.49. The Morgan fingerprint density at radius 2 is 2.39 bits per heavy atom. The molecule has 28 heavy (non-hydrogen) atoms. The predicted octanol–water partition coefficient (Wildman–Crippen LogP) is -0.388. The summed E-state index contributed by atoms with van der Waals surface area (Å²) in [6.45, 7) is -0.491. The van der Waals surface area contributed by atoms with Gasteiger partial charge in [0.05, 0.1) is 13.7 Å². The van der Waals surface area contributed by atoms with Crippen molar-refractivity contribution in [2.24, 2.45) is 5.11 Å². The van der Waals surface area contributed by atoms with E-state index in [1.165, 1.54) is 19.4 Å². The Kier molecular flexibility index (Phi) is 5.52. The van der Waals surface area contributed by atoms with Crippen LogP contribution >= 0.6 is 0 Å². The summed E-state index contributed by atoms with van der Waals surface area (Å²) in [5.41, 5.74) is 5.45. The van der Waals surface area contributed by atoms with Crippen molar-refractivity contribution in [1.82, 2.24) is 9.55 Å². The number of carbonyl (C=O) groups excluding carboxylic acids is 1. The van der Waals surface area contributed by atoms with Crippen LogP contribution in [0.5, 0.6) is 0 Å². The minimum atomic E-state index is -2.25. The van der Waals surface area contributed by atoms with Gasteiger partial charge >= 0.3 is 11.7 Å². The van der Waals surface area contributed by atoms with Crippen LogP contribution in [0.1, 0.15) is 19.1 Å². The zero-order valence-corrected chi connectivity index (χ0v) is 14.9. The molecule has 5 atom stereocenters. The Bertz CT molecular complexity index is 860. The van der Waals surface area contributed by atoms with Crippen molar-refractivity contribution >= 4 is 11.8 Å². The van der Waals surface area contributed by atoms with Gasteiger partial charge < -0.3 is 24.6 Å². The molecule has 2 fully saturated rings. The molecule has 1 aromatic heterocycles. The molecule has 1 aromatic rings. The highest BCUT2D eigenvalue weighted by molar-refractivity contribution is 5.80. The SMILES string of the molecule is COC(=O)[C@@H]1CCCN1c1ccn(C2O[C@@](CO)(N=[N+]=[N-])C(O)[C@@H]2F)c(=O)n1. The number of aliphatic hydroxyl groups is 2. The molecule has 13 heteroatoms. The number of carbonyl (C=O) groups is 1. The molecular weight excluding hydrogens is 379 g/mol. The second-order valence-electron chi connectivity index (χ2n) is 6.44. The number of ether oxygens (including phenoxy) is 2. The highest BCUT2D eigenvalue weighted by atomic mass is 19.1. The number of nitrogens with zero attached hydrogens (tertiary/aromatic N) is 6. The van der Waals surface area contributed by atoms with E-state index in [9.17, 15) is 24.2 Å². The fourth-order valence-corrected chi connectivity index (χ4v) is 3.46. The minimum absolute atomic E-state index is 0.214. The molecule has 0 amide bonds. The van der Waals surface area contributed by atoms with Crippen LogP contribution in [0, 0.1) is 0 Å². The summed E-state index contributed by atoms with van der Waals surface area (Å²) in [4.78, 5) is 32.3. The zero-order valence-electron chi connectivity index (χ0n) is 14.9. The molecule has 0 saturated carbocycles. The van der Waals surface area contributed by atoms with Gasteiger partial charge in [-0.3, -0.25) is 4.57 Å². The van der Waals surface area contributed by atoms with Crippen LogP contribution in [0.15, 0.2) is 22.2 Å². The fraction of sp³-hybridized carbons (Fsp3) is 0.667. The van der Waals surface area contributed by atoms with E-state index < -0.39 is 48.5 Å². The third-order valence-corrected chi connectivity index (χ3v) is 4.91. The van der Waals surface area contributed by atoms with Gasteiger partial charge in [0.1, 0.15) is 18.0 Å². The largest absolute Gasteiger partial charge is 0.467 e. The van der Waals surface area contributed by atoms with E-state index >= 15 is 0 Å². The van der Waals surface area contributed by atoms with E-state index in [1.54, 1.807) is 4.90 Å². The molecule has 2 unspecified atom stereocenters. The number of hydrogen-bond donors (Lipinski definition) is 2. The minimum Gasteiger partial charge on any atom is -0.467 e. The number of anilines is 1. The van der Waals surface area contributed by atoms with Crippen LogP contribution in [0.4, 0.5) is 10.2 Å². The molecule has 12 nitrogen and oxygen atoms in total. The highest BCUT2D eigenvalue weighted by Gasteiger charge is 2.56. The predicted molar refractivity (Wildman–Crippen MR) is 90.9 cm³/mol. The highest BCUT2D eigenvalue weighted by Crippen LogP contribution is 2.39. The standard InChI is InChI=1S/C15H19FN6O6/c1-27-13(25)8-3-2-5-21(8)9-4-6-22(14(26)18-9)12-10(16)11(24)15(7-23,28-12)19-20-17/h4,6,8,10-12,23-24H,2-3,5,7H2,1H3/t8-,10-,11?,12?,15+/m0/s1. The molecule has 0 bridgehead atoms.